The van der Waals surface area contributed by atoms with Crippen LogP contribution in [0.25, 0.3) is 0 Å². The molecule has 2 rings (SSSR count). The molecular formula is C14H20ClFN2O. The van der Waals surface area contributed by atoms with E-state index in [9.17, 15) is 9.18 Å². The van der Waals surface area contributed by atoms with Crippen LogP contribution in [0.3, 0.4) is 0 Å². The normalized spacial score (nSPS) is 17.4. The van der Waals surface area contributed by atoms with Crippen LogP contribution in [0.2, 0.25) is 0 Å². The van der Waals surface area contributed by atoms with Gasteiger partial charge in [-0.25, -0.2) is 4.39 Å². The third-order valence-electron chi connectivity index (χ3n) is 3.54. The molecular weight excluding hydrogens is 267 g/mol. The quantitative estimate of drug-likeness (QED) is 0.877. The molecule has 0 aromatic heterocycles. The predicted octanol–water partition coefficient (Wildman–Crippen LogP) is 2.43. The van der Waals surface area contributed by atoms with E-state index in [-0.39, 0.29) is 29.7 Å². The number of carbonyl (C=O) groups is 1. The maximum Gasteiger partial charge on any atom is 0.251 e. The van der Waals surface area contributed by atoms with Gasteiger partial charge in [0.05, 0.1) is 0 Å². The number of nitrogens with one attached hydrogen (secondary N) is 2. The Morgan fingerprint density at radius 2 is 2.00 bits per heavy atom. The molecule has 0 bridgehead atoms. The van der Waals surface area contributed by atoms with Gasteiger partial charge < -0.3 is 10.6 Å². The van der Waals surface area contributed by atoms with Gasteiger partial charge in [-0.1, -0.05) is 0 Å². The highest BCUT2D eigenvalue weighted by Crippen LogP contribution is 2.18. The summed E-state index contributed by atoms with van der Waals surface area (Å²) in [5.74, 6) is -0.401. The van der Waals surface area contributed by atoms with Crippen LogP contribution in [0, 0.1) is 12.7 Å². The molecule has 1 amide bonds. The fraction of sp³-hybridized carbons (Fsp3) is 0.500. The molecule has 1 aromatic carbocycles. The van der Waals surface area contributed by atoms with Crippen molar-refractivity contribution in [1.82, 2.24) is 10.6 Å². The molecule has 1 aliphatic heterocycles. The van der Waals surface area contributed by atoms with Crippen molar-refractivity contribution in [3.63, 3.8) is 0 Å². The van der Waals surface area contributed by atoms with Gasteiger partial charge in [-0.3, -0.25) is 4.79 Å². The molecule has 1 heterocycles. The molecule has 106 valence electrons. The summed E-state index contributed by atoms with van der Waals surface area (Å²) in [5.41, 5.74) is 0.858. The predicted molar refractivity (Wildman–Crippen MR) is 76.4 cm³/mol. The number of amides is 1. The Kier molecular flexibility index (Phi) is 5.32. The summed E-state index contributed by atoms with van der Waals surface area (Å²) in [6.07, 6.45) is 1.83. The summed E-state index contributed by atoms with van der Waals surface area (Å²) < 4.78 is 13.2. The zero-order valence-electron chi connectivity index (χ0n) is 11.3. The van der Waals surface area contributed by atoms with Crippen molar-refractivity contribution >= 4 is 18.3 Å². The van der Waals surface area contributed by atoms with Gasteiger partial charge in [0.15, 0.2) is 0 Å². The van der Waals surface area contributed by atoms with Crippen LogP contribution in [-0.2, 0) is 0 Å². The van der Waals surface area contributed by atoms with Crippen LogP contribution in [0.15, 0.2) is 18.2 Å². The maximum atomic E-state index is 13.2. The van der Waals surface area contributed by atoms with Crippen LogP contribution < -0.4 is 10.6 Å². The van der Waals surface area contributed by atoms with Crippen molar-refractivity contribution in [2.24, 2.45) is 0 Å². The van der Waals surface area contributed by atoms with Crippen molar-refractivity contribution < 1.29 is 9.18 Å². The molecule has 0 spiro atoms. The first-order valence-electron chi connectivity index (χ1n) is 6.30. The minimum atomic E-state index is -0.278. The second-order valence-electron chi connectivity index (χ2n) is 5.23. The van der Waals surface area contributed by atoms with Crippen molar-refractivity contribution in [2.75, 3.05) is 13.1 Å². The van der Waals surface area contributed by atoms with Gasteiger partial charge in [-0.15, -0.1) is 12.4 Å². The summed E-state index contributed by atoms with van der Waals surface area (Å²) in [4.78, 5) is 12.1. The molecule has 0 radical (unpaired) electrons. The largest absolute Gasteiger partial charge is 0.347 e. The van der Waals surface area contributed by atoms with Crippen molar-refractivity contribution in [2.45, 2.75) is 32.2 Å². The highest BCUT2D eigenvalue weighted by atomic mass is 35.5. The summed E-state index contributed by atoms with van der Waals surface area (Å²) >= 11 is 0. The second kappa shape index (κ2) is 6.35. The lowest BCUT2D eigenvalue weighted by Crippen LogP contribution is -2.52. The van der Waals surface area contributed by atoms with E-state index in [4.69, 9.17) is 0 Å². The third kappa shape index (κ3) is 3.91. The molecule has 1 saturated heterocycles. The van der Waals surface area contributed by atoms with Crippen molar-refractivity contribution in [1.29, 1.82) is 0 Å². The van der Waals surface area contributed by atoms with Crippen LogP contribution >= 0.6 is 12.4 Å². The summed E-state index contributed by atoms with van der Waals surface area (Å²) in [5, 5.41) is 6.33. The van der Waals surface area contributed by atoms with Crippen LogP contribution in [0.1, 0.15) is 35.7 Å². The van der Waals surface area contributed by atoms with Gasteiger partial charge in [-0.2, -0.15) is 0 Å². The van der Waals surface area contributed by atoms with Crippen LogP contribution in [0.4, 0.5) is 4.39 Å². The van der Waals surface area contributed by atoms with Crippen LogP contribution in [-0.4, -0.2) is 24.5 Å². The van der Waals surface area contributed by atoms with Gasteiger partial charge >= 0.3 is 0 Å². The van der Waals surface area contributed by atoms with E-state index in [0.717, 1.165) is 25.9 Å². The number of benzene rings is 1. The lowest BCUT2D eigenvalue weighted by Gasteiger charge is -2.35. The Balaban J connectivity index is 0.00000180. The number of piperidine rings is 1. The SMILES string of the molecule is Cc1cc(C(=O)NC2(C)CCNCC2)ccc1F.Cl. The zero-order valence-corrected chi connectivity index (χ0v) is 12.1. The first-order valence-corrected chi connectivity index (χ1v) is 6.30. The Morgan fingerprint density at radius 1 is 1.37 bits per heavy atom. The molecule has 19 heavy (non-hydrogen) atoms. The number of hydrogen-bond acceptors (Lipinski definition) is 2. The lowest BCUT2D eigenvalue weighted by atomic mass is 9.90. The van der Waals surface area contributed by atoms with Crippen molar-refractivity contribution in [3.05, 3.63) is 35.1 Å². The van der Waals surface area contributed by atoms with Gasteiger partial charge in [0, 0.05) is 11.1 Å². The molecule has 1 aliphatic rings. The third-order valence-corrected chi connectivity index (χ3v) is 3.54. The minimum Gasteiger partial charge on any atom is -0.347 e. The average molecular weight is 287 g/mol. The fourth-order valence-corrected chi connectivity index (χ4v) is 2.24. The smallest absolute Gasteiger partial charge is 0.251 e. The highest BCUT2D eigenvalue weighted by Gasteiger charge is 2.28. The molecule has 2 N–H and O–H groups in total. The minimum absolute atomic E-state index is 0. The van der Waals surface area contributed by atoms with E-state index >= 15 is 0 Å². The molecule has 3 nitrogen and oxygen atoms in total. The maximum absolute atomic E-state index is 13.2. The molecule has 0 aliphatic carbocycles. The van der Waals surface area contributed by atoms with E-state index in [1.54, 1.807) is 13.0 Å². The number of carbonyl (C=O) groups excluding carboxylic acids is 1. The van der Waals surface area contributed by atoms with E-state index in [1.807, 2.05) is 0 Å². The lowest BCUT2D eigenvalue weighted by molar-refractivity contribution is 0.0887. The van der Waals surface area contributed by atoms with Gasteiger partial charge in [0.1, 0.15) is 5.82 Å². The first-order chi connectivity index (χ1) is 8.50. The Bertz CT molecular complexity index is 459. The number of aryl methyl sites for hydroxylation is 1. The Labute approximate surface area is 119 Å². The second-order valence-corrected chi connectivity index (χ2v) is 5.23. The molecule has 0 unspecified atom stereocenters. The monoisotopic (exact) mass is 286 g/mol. The summed E-state index contributed by atoms with van der Waals surface area (Å²) in [6, 6.07) is 4.46. The standard InChI is InChI=1S/C14H19FN2O.ClH/c1-10-9-11(3-4-12(10)15)13(18)17-14(2)5-7-16-8-6-14;/h3-4,9,16H,5-8H2,1-2H3,(H,17,18);1H. The topological polar surface area (TPSA) is 41.1 Å². The molecule has 1 fully saturated rings. The Hall–Kier alpha value is -1.13. The van der Waals surface area contributed by atoms with Gasteiger partial charge in [-0.05, 0) is 63.5 Å². The highest BCUT2D eigenvalue weighted by molar-refractivity contribution is 5.94. The molecule has 1 aromatic rings. The van der Waals surface area contributed by atoms with Crippen LogP contribution in [0.5, 0.6) is 0 Å². The van der Waals surface area contributed by atoms with Gasteiger partial charge in [0.25, 0.3) is 5.91 Å². The average Bonchev–Trinajstić information content (AvgIpc) is 2.33. The van der Waals surface area contributed by atoms with Gasteiger partial charge in [0.2, 0.25) is 0 Å². The van der Waals surface area contributed by atoms with E-state index in [0.29, 0.717) is 11.1 Å². The number of halogens is 2. The Morgan fingerprint density at radius 3 is 2.58 bits per heavy atom. The number of hydrogen-bond donors (Lipinski definition) is 2. The van der Waals surface area contributed by atoms with E-state index < -0.39 is 0 Å². The van der Waals surface area contributed by atoms with E-state index in [2.05, 4.69) is 17.6 Å². The van der Waals surface area contributed by atoms with Crippen molar-refractivity contribution in [3.8, 4) is 0 Å². The summed E-state index contributed by atoms with van der Waals surface area (Å²) in [7, 11) is 0. The summed E-state index contributed by atoms with van der Waals surface area (Å²) in [6.45, 7) is 5.55. The first kappa shape index (κ1) is 15.9. The van der Waals surface area contributed by atoms with E-state index in [1.165, 1.54) is 12.1 Å². The molecule has 0 saturated carbocycles. The fourth-order valence-electron chi connectivity index (χ4n) is 2.24. The molecule has 0 atom stereocenters. The zero-order chi connectivity index (χ0) is 13.2. The number of rotatable bonds is 2. The molecule has 5 heteroatoms.